The van der Waals surface area contributed by atoms with E-state index in [9.17, 15) is 10.1 Å². The number of rotatable bonds is 5. The topological polar surface area (TPSA) is 64.9 Å². The summed E-state index contributed by atoms with van der Waals surface area (Å²) in [5, 5.41) is 15.1. The van der Waals surface area contributed by atoms with Gasteiger partial charge in [0.1, 0.15) is 11.6 Å². The molecule has 1 amide bonds. The maximum absolute atomic E-state index is 12.4. The molecular weight excluding hydrogens is 413 g/mol. The number of nitriles is 1. The molecule has 5 heteroatoms. The van der Waals surface area contributed by atoms with Crippen LogP contribution in [0.1, 0.15) is 25.3 Å². The first-order chi connectivity index (χ1) is 11.5. The van der Waals surface area contributed by atoms with Gasteiger partial charge in [-0.05, 0) is 64.4 Å². The van der Waals surface area contributed by atoms with Gasteiger partial charge in [-0.25, -0.2) is 0 Å². The molecule has 0 spiro atoms. The number of nitrogens with zero attached hydrogens (tertiary/aromatic N) is 1. The average molecular weight is 431 g/mol. The number of para-hydroxylation sites is 1. The van der Waals surface area contributed by atoms with E-state index in [1.54, 1.807) is 0 Å². The van der Waals surface area contributed by atoms with Gasteiger partial charge in [0.05, 0.1) is 0 Å². The molecule has 2 aromatic carbocycles. The van der Waals surface area contributed by atoms with Crippen LogP contribution in [0.25, 0.3) is 0 Å². The van der Waals surface area contributed by atoms with Crippen LogP contribution in [0.5, 0.6) is 0 Å². The van der Waals surface area contributed by atoms with Gasteiger partial charge in [-0.1, -0.05) is 32.0 Å². The van der Waals surface area contributed by atoms with Gasteiger partial charge in [-0.3, -0.25) is 4.79 Å². The van der Waals surface area contributed by atoms with E-state index in [0.717, 1.165) is 20.5 Å². The number of amides is 1. The molecule has 0 radical (unpaired) electrons. The average Bonchev–Trinajstić information content (AvgIpc) is 2.57. The summed E-state index contributed by atoms with van der Waals surface area (Å²) in [6.45, 7) is 4.12. The summed E-state index contributed by atoms with van der Waals surface area (Å²) in [4.78, 5) is 12.4. The number of carbonyl (C=O) groups excluding carboxylic acids is 1. The Balaban J connectivity index is 2.13. The van der Waals surface area contributed by atoms with Gasteiger partial charge in [0.15, 0.2) is 0 Å². The molecule has 2 rings (SSSR count). The minimum atomic E-state index is -0.427. The van der Waals surface area contributed by atoms with Gasteiger partial charge in [0.2, 0.25) is 0 Å². The van der Waals surface area contributed by atoms with Crippen LogP contribution in [0.2, 0.25) is 0 Å². The molecule has 122 valence electrons. The summed E-state index contributed by atoms with van der Waals surface area (Å²) in [7, 11) is 0. The van der Waals surface area contributed by atoms with Crippen molar-refractivity contribution in [2.45, 2.75) is 19.8 Å². The van der Waals surface area contributed by atoms with E-state index in [-0.39, 0.29) is 11.5 Å². The molecule has 2 aromatic rings. The van der Waals surface area contributed by atoms with Crippen molar-refractivity contribution in [3.63, 3.8) is 0 Å². The van der Waals surface area contributed by atoms with Crippen LogP contribution in [-0.2, 0) is 4.79 Å². The summed E-state index contributed by atoms with van der Waals surface area (Å²) in [5.41, 5.74) is 2.60. The summed E-state index contributed by atoms with van der Waals surface area (Å²) >= 11 is 2.22. The quantitative estimate of drug-likeness (QED) is 0.403. The van der Waals surface area contributed by atoms with Crippen LogP contribution in [-0.4, -0.2) is 5.91 Å². The number of carbonyl (C=O) groups is 1. The normalized spacial score (nSPS) is 11.0. The molecule has 0 saturated heterocycles. The first-order valence-corrected chi connectivity index (χ1v) is 8.61. The molecule has 0 heterocycles. The molecule has 0 unspecified atom stereocenters. The van der Waals surface area contributed by atoms with Gasteiger partial charge in [0.25, 0.3) is 5.91 Å². The smallest absolute Gasteiger partial charge is 0.267 e. The van der Waals surface area contributed by atoms with Crippen LogP contribution in [0, 0.1) is 14.9 Å². The van der Waals surface area contributed by atoms with Crippen LogP contribution in [0.3, 0.4) is 0 Å². The number of anilines is 2. The highest BCUT2D eigenvalue weighted by molar-refractivity contribution is 14.1. The zero-order chi connectivity index (χ0) is 17.5. The van der Waals surface area contributed by atoms with Crippen molar-refractivity contribution < 1.29 is 4.79 Å². The summed E-state index contributed by atoms with van der Waals surface area (Å²) in [6, 6.07) is 17.2. The number of hydrogen-bond donors (Lipinski definition) is 2. The Labute approximate surface area is 155 Å². The lowest BCUT2D eigenvalue weighted by atomic mass is 10.0. The third kappa shape index (κ3) is 4.83. The van der Waals surface area contributed by atoms with E-state index in [2.05, 4.69) is 47.1 Å². The summed E-state index contributed by atoms with van der Waals surface area (Å²) in [5.74, 6) is -0.149. The molecule has 4 nitrogen and oxygen atoms in total. The lowest BCUT2D eigenvalue weighted by Gasteiger charge is -2.13. The number of benzene rings is 2. The molecule has 0 atom stereocenters. The fraction of sp³-hybridized carbons (Fsp3) is 0.158. The fourth-order valence-corrected chi connectivity index (χ4v) is 2.51. The van der Waals surface area contributed by atoms with Gasteiger partial charge in [-0.15, -0.1) is 0 Å². The summed E-state index contributed by atoms with van der Waals surface area (Å²) < 4.78 is 1.12. The van der Waals surface area contributed by atoms with Crippen molar-refractivity contribution in [3.8, 4) is 6.07 Å². The lowest BCUT2D eigenvalue weighted by molar-refractivity contribution is -0.112. The van der Waals surface area contributed by atoms with Crippen molar-refractivity contribution in [2.75, 3.05) is 10.6 Å². The van der Waals surface area contributed by atoms with Crippen molar-refractivity contribution in [3.05, 3.63) is 69.4 Å². The second-order valence-electron chi connectivity index (χ2n) is 5.52. The molecule has 0 aromatic heterocycles. The van der Waals surface area contributed by atoms with E-state index in [1.165, 1.54) is 6.20 Å². The van der Waals surface area contributed by atoms with E-state index < -0.39 is 5.91 Å². The van der Waals surface area contributed by atoms with E-state index >= 15 is 0 Å². The van der Waals surface area contributed by atoms with Gasteiger partial charge >= 0.3 is 0 Å². The van der Waals surface area contributed by atoms with Crippen LogP contribution in [0.4, 0.5) is 11.4 Å². The maximum atomic E-state index is 12.4. The maximum Gasteiger partial charge on any atom is 0.267 e. The Bertz CT molecular complexity index is 789. The van der Waals surface area contributed by atoms with Crippen LogP contribution < -0.4 is 10.6 Å². The monoisotopic (exact) mass is 431 g/mol. The van der Waals surface area contributed by atoms with Gasteiger partial charge in [0, 0.05) is 21.1 Å². The van der Waals surface area contributed by atoms with Crippen molar-refractivity contribution >= 4 is 39.9 Å². The largest absolute Gasteiger partial charge is 0.360 e. The molecule has 0 aliphatic heterocycles. The highest BCUT2D eigenvalue weighted by Gasteiger charge is 2.12. The minimum Gasteiger partial charge on any atom is -0.360 e. The predicted molar refractivity (Wildman–Crippen MR) is 106 cm³/mol. The summed E-state index contributed by atoms with van der Waals surface area (Å²) in [6.07, 6.45) is 1.43. The molecular formula is C19H18IN3O. The first kappa shape index (κ1) is 18.0. The molecule has 2 N–H and O–H groups in total. The Morgan fingerprint density at radius 1 is 1.17 bits per heavy atom. The Kier molecular flexibility index (Phi) is 6.38. The minimum absolute atomic E-state index is 0.0205. The Hall–Kier alpha value is -2.33. The molecule has 0 aliphatic carbocycles. The Morgan fingerprint density at radius 2 is 1.83 bits per heavy atom. The fourth-order valence-electron chi connectivity index (χ4n) is 2.15. The van der Waals surface area contributed by atoms with E-state index in [1.807, 2.05) is 54.6 Å². The number of halogens is 1. The molecule has 0 saturated carbocycles. The SMILES string of the molecule is CC(C)c1ccccc1NC(=O)/C(C#N)=C\Nc1ccc(I)cc1. The second-order valence-corrected chi connectivity index (χ2v) is 6.76. The number of hydrogen-bond acceptors (Lipinski definition) is 3. The third-order valence-electron chi connectivity index (χ3n) is 3.42. The van der Waals surface area contributed by atoms with Crippen LogP contribution in [0.15, 0.2) is 60.3 Å². The standard InChI is InChI=1S/C19H18IN3O/c1-13(2)17-5-3-4-6-18(17)23-19(24)14(11-21)12-22-16-9-7-15(20)8-10-16/h3-10,12-13,22H,1-2H3,(H,23,24)/b14-12-. The Morgan fingerprint density at radius 3 is 2.46 bits per heavy atom. The molecule has 0 aliphatic rings. The predicted octanol–water partition coefficient (Wildman–Crippen LogP) is 4.87. The zero-order valence-corrected chi connectivity index (χ0v) is 15.7. The van der Waals surface area contributed by atoms with Crippen molar-refractivity contribution in [1.29, 1.82) is 5.26 Å². The lowest BCUT2D eigenvalue weighted by Crippen LogP contribution is -2.16. The zero-order valence-electron chi connectivity index (χ0n) is 13.5. The molecule has 24 heavy (non-hydrogen) atoms. The third-order valence-corrected chi connectivity index (χ3v) is 4.14. The van der Waals surface area contributed by atoms with E-state index in [4.69, 9.17) is 0 Å². The first-order valence-electron chi connectivity index (χ1n) is 7.54. The number of nitrogens with one attached hydrogen (secondary N) is 2. The molecule has 0 fully saturated rings. The van der Waals surface area contributed by atoms with Gasteiger partial charge < -0.3 is 10.6 Å². The van der Waals surface area contributed by atoms with Crippen molar-refractivity contribution in [2.24, 2.45) is 0 Å². The molecule has 0 bridgehead atoms. The second kappa shape index (κ2) is 8.50. The van der Waals surface area contributed by atoms with Crippen molar-refractivity contribution in [1.82, 2.24) is 0 Å². The highest BCUT2D eigenvalue weighted by Crippen LogP contribution is 2.24. The van der Waals surface area contributed by atoms with Gasteiger partial charge in [-0.2, -0.15) is 5.26 Å². The van der Waals surface area contributed by atoms with Crippen LogP contribution >= 0.6 is 22.6 Å². The van der Waals surface area contributed by atoms with E-state index in [0.29, 0.717) is 0 Å². The highest BCUT2D eigenvalue weighted by atomic mass is 127.